The number of hydrogen-bond acceptors (Lipinski definition) is 5. The summed E-state index contributed by atoms with van der Waals surface area (Å²) in [6.45, 7) is 0.229. The lowest BCUT2D eigenvalue weighted by atomic mass is 9.99. The van der Waals surface area contributed by atoms with Crippen LogP contribution < -0.4 is 16.2 Å². The number of nitrogens with two attached hydrogens (primary N) is 2. The van der Waals surface area contributed by atoms with E-state index in [0.717, 1.165) is 22.0 Å². The van der Waals surface area contributed by atoms with Gasteiger partial charge in [-0.25, -0.2) is 0 Å². The summed E-state index contributed by atoms with van der Waals surface area (Å²) in [5.41, 5.74) is 14.0. The molecule has 6 N–H and O–H groups in total. The maximum absolute atomic E-state index is 12.4. The molecular formula is C22H23N3O5. The number of ether oxygens (including phenoxy) is 1. The first-order valence-corrected chi connectivity index (χ1v) is 9.45. The van der Waals surface area contributed by atoms with Crippen molar-refractivity contribution in [3.8, 4) is 5.75 Å². The topological polar surface area (TPSA) is 148 Å². The van der Waals surface area contributed by atoms with E-state index in [-0.39, 0.29) is 31.7 Å². The van der Waals surface area contributed by atoms with Crippen molar-refractivity contribution in [2.75, 3.05) is 0 Å². The summed E-state index contributed by atoms with van der Waals surface area (Å²) in [5.74, 6) is -1.09. The number of fused-ring (bicyclic) bond motifs is 1. The number of ketones is 1. The molecule has 3 aromatic rings. The van der Waals surface area contributed by atoms with Gasteiger partial charge in [-0.1, -0.05) is 18.2 Å². The Morgan fingerprint density at radius 1 is 1.13 bits per heavy atom. The van der Waals surface area contributed by atoms with Crippen molar-refractivity contribution < 1.29 is 24.2 Å². The Morgan fingerprint density at radius 2 is 1.93 bits per heavy atom. The largest absolute Gasteiger partial charge is 0.489 e. The van der Waals surface area contributed by atoms with Gasteiger partial charge in [-0.05, 0) is 41.8 Å². The fourth-order valence-electron chi connectivity index (χ4n) is 3.19. The number of carbonyl (C=O) groups is 3. The molecule has 0 saturated heterocycles. The number of benzene rings is 2. The van der Waals surface area contributed by atoms with Crippen molar-refractivity contribution in [2.24, 2.45) is 11.5 Å². The normalized spacial score (nSPS) is 11.9. The van der Waals surface area contributed by atoms with Crippen LogP contribution in [-0.2, 0) is 22.6 Å². The fraction of sp³-hybridized carbons (Fsp3) is 0.227. The highest BCUT2D eigenvalue weighted by Crippen LogP contribution is 2.25. The predicted molar refractivity (Wildman–Crippen MR) is 111 cm³/mol. The van der Waals surface area contributed by atoms with E-state index in [2.05, 4.69) is 4.98 Å². The monoisotopic (exact) mass is 409 g/mol. The molecule has 1 aromatic heterocycles. The first-order valence-electron chi connectivity index (χ1n) is 9.45. The van der Waals surface area contributed by atoms with Crippen molar-refractivity contribution in [2.45, 2.75) is 31.9 Å². The Bertz CT molecular complexity index is 1090. The lowest BCUT2D eigenvalue weighted by Gasteiger charge is -2.11. The fourth-order valence-corrected chi connectivity index (χ4v) is 3.19. The number of carboxylic acids is 1. The molecule has 0 radical (unpaired) electrons. The molecule has 0 saturated carbocycles. The lowest BCUT2D eigenvalue weighted by Crippen LogP contribution is -2.31. The molecule has 0 bridgehead atoms. The van der Waals surface area contributed by atoms with Crippen LogP contribution in [0.2, 0.25) is 0 Å². The number of rotatable bonds is 10. The summed E-state index contributed by atoms with van der Waals surface area (Å²) in [7, 11) is 0. The molecule has 1 heterocycles. The maximum atomic E-state index is 12.4. The molecule has 1 amide bonds. The lowest BCUT2D eigenvalue weighted by molar-refractivity contribution is -0.137. The molecule has 30 heavy (non-hydrogen) atoms. The average molecular weight is 409 g/mol. The molecule has 0 aliphatic rings. The third-order valence-electron chi connectivity index (χ3n) is 4.73. The van der Waals surface area contributed by atoms with E-state index in [0.29, 0.717) is 11.3 Å². The number of carboxylic acid groups (broad SMARTS) is 1. The van der Waals surface area contributed by atoms with Crippen LogP contribution in [0.3, 0.4) is 0 Å². The number of H-pyrrole nitrogens is 1. The summed E-state index contributed by atoms with van der Waals surface area (Å²) in [5, 5.41) is 9.60. The Balaban J connectivity index is 1.69. The van der Waals surface area contributed by atoms with Gasteiger partial charge in [-0.3, -0.25) is 14.4 Å². The first kappa shape index (κ1) is 21.1. The van der Waals surface area contributed by atoms with E-state index in [4.69, 9.17) is 21.3 Å². The zero-order chi connectivity index (χ0) is 21.7. The smallest absolute Gasteiger partial charge is 0.303 e. The highest BCUT2D eigenvalue weighted by Gasteiger charge is 2.17. The van der Waals surface area contributed by atoms with Crippen molar-refractivity contribution >= 4 is 28.6 Å². The van der Waals surface area contributed by atoms with Crippen LogP contribution in [0.5, 0.6) is 5.75 Å². The molecule has 1 atom stereocenters. The molecule has 1 unspecified atom stereocenters. The number of aromatic amines is 1. The molecule has 156 valence electrons. The SMILES string of the molecule is NC(=O)Cc1c[nH]c2ccc(OCc3cccc(C(=O)C(N)CCC(=O)O)c3)cc12. The molecule has 0 spiro atoms. The van der Waals surface area contributed by atoms with Crippen LogP contribution in [0.25, 0.3) is 10.9 Å². The second kappa shape index (κ2) is 9.23. The highest BCUT2D eigenvalue weighted by atomic mass is 16.5. The number of carbonyl (C=O) groups excluding carboxylic acids is 2. The van der Waals surface area contributed by atoms with Gasteiger partial charge in [0, 0.05) is 29.1 Å². The Hall–Kier alpha value is -3.65. The van der Waals surface area contributed by atoms with E-state index < -0.39 is 17.9 Å². The minimum absolute atomic E-state index is 0.0825. The zero-order valence-electron chi connectivity index (χ0n) is 16.3. The minimum Gasteiger partial charge on any atom is -0.489 e. The number of aromatic nitrogens is 1. The molecule has 0 aliphatic carbocycles. The molecule has 8 heteroatoms. The van der Waals surface area contributed by atoms with Gasteiger partial charge in [0.05, 0.1) is 12.5 Å². The third kappa shape index (κ3) is 5.24. The standard InChI is InChI=1S/C22H23N3O5/c23-18(5-7-21(27)28)22(29)14-3-1-2-13(8-14)12-30-16-4-6-19-17(10-16)15(11-25-19)9-20(24)26/h1-4,6,8,10-11,18,25H,5,7,9,12,23H2,(H2,24,26)(H,27,28). The first-order chi connectivity index (χ1) is 14.3. The van der Waals surface area contributed by atoms with Gasteiger partial charge in [0.1, 0.15) is 12.4 Å². The molecule has 0 fully saturated rings. The third-order valence-corrected chi connectivity index (χ3v) is 4.73. The summed E-state index contributed by atoms with van der Waals surface area (Å²) < 4.78 is 5.85. The Labute approximate surface area is 172 Å². The summed E-state index contributed by atoms with van der Waals surface area (Å²) in [4.78, 5) is 37.4. The van der Waals surface area contributed by atoms with Gasteiger partial charge in [0.15, 0.2) is 5.78 Å². The van der Waals surface area contributed by atoms with Crippen molar-refractivity contribution in [3.63, 3.8) is 0 Å². The van der Waals surface area contributed by atoms with Crippen LogP contribution >= 0.6 is 0 Å². The van der Waals surface area contributed by atoms with E-state index in [1.165, 1.54) is 0 Å². The summed E-state index contributed by atoms with van der Waals surface area (Å²) in [6, 6.07) is 11.5. The van der Waals surface area contributed by atoms with Crippen LogP contribution in [-0.4, -0.2) is 33.8 Å². The van der Waals surface area contributed by atoms with Crippen LogP contribution in [0, 0.1) is 0 Å². The van der Waals surface area contributed by atoms with E-state index >= 15 is 0 Å². The van der Waals surface area contributed by atoms with Crippen LogP contribution in [0.1, 0.15) is 34.3 Å². The number of aliphatic carboxylic acids is 1. The van der Waals surface area contributed by atoms with Crippen LogP contribution in [0.15, 0.2) is 48.7 Å². The highest BCUT2D eigenvalue weighted by molar-refractivity contribution is 6.00. The molecule has 8 nitrogen and oxygen atoms in total. The van der Waals surface area contributed by atoms with Gasteiger partial charge in [-0.2, -0.15) is 0 Å². The molecular weight excluding hydrogens is 386 g/mol. The Kier molecular flexibility index (Phi) is 6.48. The number of primary amides is 1. The van der Waals surface area contributed by atoms with Crippen molar-refractivity contribution in [1.82, 2.24) is 4.98 Å². The van der Waals surface area contributed by atoms with E-state index in [9.17, 15) is 14.4 Å². The summed E-state index contributed by atoms with van der Waals surface area (Å²) in [6.07, 6.45) is 1.81. The van der Waals surface area contributed by atoms with Gasteiger partial charge < -0.3 is 26.3 Å². The molecule has 0 aliphatic heterocycles. The van der Waals surface area contributed by atoms with Gasteiger partial charge in [0.2, 0.25) is 5.91 Å². The minimum atomic E-state index is -0.987. The van der Waals surface area contributed by atoms with Gasteiger partial charge >= 0.3 is 5.97 Å². The van der Waals surface area contributed by atoms with E-state index in [1.807, 2.05) is 24.3 Å². The second-order valence-corrected chi connectivity index (χ2v) is 7.06. The number of nitrogens with one attached hydrogen (secondary N) is 1. The quantitative estimate of drug-likeness (QED) is 0.377. The Morgan fingerprint density at radius 3 is 2.67 bits per heavy atom. The number of hydrogen-bond donors (Lipinski definition) is 4. The van der Waals surface area contributed by atoms with E-state index in [1.54, 1.807) is 24.4 Å². The summed E-state index contributed by atoms with van der Waals surface area (Å²) >= 11 is 0. The van der Waals surface area contributed by atoms with Crippen molar-refractivity contribution in [1.29, 1.82) is 0 Å². The average Bonchev–Trinajstić information content (AvgIpc) is 3.11. The second-order valence-electron chi connectivity index (χ2n) is 7.06. The number of Topliss-reactive ketones (excluding diaryl/α,β-unsaturated/α-hetero) is 1. The zero-order valence-corrected chi connectivity index (χ0v) is 16.3. The van der Waals surface area contributed by atoms with Crippen LogP contribution in [0.4, 0.5) is 0 Å². The predicted octanol–water partition coefficient (Wildman–Crippen LogP) is 2.15. The molecule has 2 aromatic carbocycles. The molecule has 3 rings (SSSR count). The van der Waals surface area contributed by atoms with Gasteiger partial charge in [-0.15, -0.1) is 0 Å². The number of amides is 1. The van der Waals surface area contributed by atoms with Gasteiger partial charge in [0.25, 0.3) is 0 Å². The van der Waals surface area contributed by atoms with Crippen molar-refractivity contribution in [3.05, 3.63) is 65.4 Å². The maximum Gasteiger partial charge on any atom is 0.303 e.